The molecule has 224 valence electrons. The van der Waals surface area contributed by atoms with Gasteiger partial charge in [0.25, 0.3) is 18.9 Å². The van der Waals surface area contributed by atoms with Crippen LogP contribution in [0.5, 0.6) is 0 Å². The smallest absolute Gasteiger partial charge is 1.00 e. The number of rotatable bonds is 9. The molecule has 24 heteroatoms. The summed E-state index contributed by atoms with van der Waals surface area (Å²) in [5.74, 6) is 0.293. The number of imide groups is 1. The van der Waals surface area contributed by atoms with Crippen molar-refractivity contribution in [3.63, 3.8) is 0 Å². The standard InChI is InChI=1S/C6H10N2O2S.C5H11NO2S.2CH2O3.CO2.3CH4.5K.H3N.H2O.2H/c1-11-3-2-4-5(9)8-6(10)7-4;1-9-3-2-4(6)5(7)8;2*2-1-4-3;2-1-3;;;;;;;;;;;;/h4H,2-3H2,1H3,(H2,7,8,9,10);4H,2-3,6H2,1H3,(H,7,8);2*1,3H;;3*1H4;;;;;;1H3;1H2;;/q;;;;;;;;5*+1;;;2*-1/p-3. The topological polar surface area (TPSA) is 324 Å². The van der Waals surface area contributed by atoms with E-state index in [1.807, 2.05) is 12.5 Å². The molecule has 1 saturated heterocycles. The van der Waals surface area contributed by atoms with Crippen LogP contribution in [0.25, 0.3) is 0 Å². The third-order valence-electron chi connectivity index (χ3n) is 2.48. The molecule has 0 aromatic rings. The maximum absolute atomic E-state index is 10.9. The van der Waals surface area contributed by atoms with Gasteiger partial charge in [0, 0.05) is 6.04 Å². The van der Waals surface area contributed by atoms with E-state index in [4.69, 9.17) is 35.4 Å². The third kappa shape index (κ3) is 86.7. The number of carbonyl (C=O) groups excluding carboxylic acids is 7. The molecule has 3 amide bonds. The monoisotopic (exact) mass is 768 g/mol. The van der Waals surface area contributed by atoms with Gasteiger partial charge in [0.1, 0.15) is 6.04 Å². The first-order valence-electron chi connectivity index (χ1n) is 7.66. The Hall–Kier alpha value is 5.41. The van der Waals surface area contributed by atoms with Crippen molar-refractivity contribution in [2.45, 2.75) is 47.2 Å². The number of aliphatic carboxylic acids is 1. The number of hydrogen-bond donors (Lipinski definition) is 4. The fourth-order valence-electron chi connectivity index (χ4n) is 1.26. The largest absolute Gasteiger partial charge is 1.00 e. The number of urea groups is 1. The first kappa shape index (κ1) is 91.1. The quantitative estimate of drug-likeness (QED) is 0.0556. The number of nitrogens with two attached hydrogens (primary N) is 1. The molecule has 9 N–H and O–H groups in total. The Labute approximate surface area is 466 Å². The van der Waals surface area contributed by atoms with Crippen LogP contribution in [0.3, 0.4) is 0 Å². The summed E-state index contributed by atoms with van der Waals surface area (Å²) in [6.07, 6.45) is 5.32. The minimum atomic E-state index is -1.16. The van der Waals surface area contributed by atoms with Gasteiger partial charge >= 0.3 is 269 Å². The first-order valence-corrected chi connectivity index (χ1v) is 10.4. The van der Waals surface area contributed by atoms with Gasteiger partial charge in [-0.05, 0) is 36.9 Å². The van der Waals surface area contributed by atoms with Gasteiger partial charge in [0.2, 0.25) is 0 Å². The maximum Gasteiger partial charge on any atom is 1.00 e. The van der Waals surface area contributed by atoms with Crippen molar-refractivity contribution in [2.75, 3.05) is 24.0 Å². The molecule has 2 atom stereocenters. The molecule has 1 aliphatic heterocycles. The molecule has 0 aromatic heterocycles. The minimum absolute atomic E-state index is 0. The van der Waals surface area contributed by atoms with Crippen LogP contribution in [-0.2, 0) is 38.5 Å². The van der Waals surface area contributed by atoms with Crippen molar-refractivity contribution >= 4 is 60.5 Å². The normalized spacial score (nSPS) is 10.3. The zero-order valence-corrected chi connectivity index (χ0v) is 39.9. The molecule has 0 spiro atoms. The molecule has 41 heavy (non-hydrogen) atoms. The molecular weight excluding hydrogens is 728 g/mol. The van der Waals surface area contributed by atoms with Gasteiger partial charge < -0.3 is 55.7 Å². The van der Waals surface area contributed by atoms with Gasteiger partial charge in [0.05, 0.1) is 5.97 Å². The Balaban J connectivity index is -0.0000000151. The fraction of sp³-hybridized carbons (Fsp3) is 0.647. The van der Waals surface area contributed by atoms with Crippen LogP contribution in [0.4, 0.5) is 4.79 Å². The summed E-state index contributed by atoms with van der Waals surface area (Å²) in [4.78, 5) is 70.2. The molecule has 0 aromatic carbocycles. The summed E-state index contributed by atoms with van der Waals surface area (Å²) < 4.78 is 0. The van der Waals surface area contributed by atoms with Crippen molar-refractivity contribution in [3.8, 4) is 0 Å². The Morgan fingerprint density at radius 2 is 1.32 bits per heavy atom. The van der Waals surface area contributed by atoms with Gasteiger partial charge in [-0.1, -0.05) is 22.3 Å². The first-order chi connectivity index (χ1) is 14.7. The summed E-state index contributed by atoms with van der Waals surface area (Å²) in [5.41, 5.74) is 5.13. The van der Waals surface area contributed by atoms with E-state index in [1.54, 1.807) is 23.5 Å². The SMILES string of the molecule is C.C.C.CSCCC(N)C(=O)[O-].CSCCC1NC(=O)NC1=O.N.O.O=C=O.O=CO[O-].O=CO[O-].[H-].[H-].[K+].[K+].[K+].[K+].[K+]. The molecule has 0 bridgehead atoms. The molecule has 0 radical (unpaired) electrons. The molecule has 1 heterocycles. The van der Waals surface area contributed by atoms with E-state index in [-0.39, 0.29) is 331 Å². The number of carboxylic acid groups (broad SMARTS) is 1. The molecular formula is C17H41K5N4O13S2. The van der Waals surface area contributed by atoms with E-state index in [0.29, 0.717) is 12.8 Å². The summed E-state index contributed by atoms with van der Waals surface area (Å²) in [7, 11) is 0. The summed E-state index contributed by atoms with van der Waals surface area (Å²) in [5, 5.41) is 31.5. The Morgan fingerprint density at radius 3 is 1.51 bits per heavy atom. The average Bonchev–Trinajstić information content (AvgIpc) is 3.08. The number of carbonyl (C=O) groups is 5. The van der Waals surface area contributed by atoms with Crippen LogP contribution in [0, 0.1) is 0 Å². The van der Waals surface area contributed by atoms with Crippen molar-refractivity contribution < 1.29 is 324 Å². The van der Waals surface area contributed by atoms with Crippen LogP contribution in [0.2, 0.25) is 0 Å². The molecule has 1 aliphatic rings. The van der Waals surface area contributed by atoms with Crippen molar-refractivity contribution in [2.24, 2.45) is 5.73 Å². The van der Waals surface area contributed by atoms with Crippen molar-refractivity contribution in [3.05, 3.63) is 0 Å². The Bertz CT molecular complexity index is 566. The summed E-state index contributed by atoms with van der Waals surface area (Å²) in [6, 6.07) is -1.48. The third-order valence-corrected chi connectivity index (χ3v) is 3.77. The van der Waals surface area contributed by atoms with Crippen LogP contribution < -0.4 is 295 Å². The van der Waals surface area contributed by atoms with Crippen molar-refractivity contribution in [1.82, 2.24) is 16.8 Å². The van der Waals surface area contributed by atoms with Crippen LogP contribution in [-0.4, -0.2) is 78.6 Å². The number of nitrogens with one attached hydrogen (secondary N) is 2. The molecule has 0 saturated carbocycles. The average molecular weight is 769 g/mol. The number of hydrogen-bond acceptors (Lipinski definition) is 16. The zero-order valence-electron chi connectivity index (χ0n) is 24.6. The van der Waals surface area contributed by atoms with E-state index in [2.05, 4.69) is 20.4 Å². The molecule has 1 rings (SSSR count). The van der Waals surface area contributed by atoms with E-state index in [1.165, 1.54) is 0 Å². The second-order valence-electron chi connectivity index (χ2n) is 4.47. The Morgan fingerprint density at radius 1 is 1.00 bits per heavy atom. The van der Waals surface area contributed by atoms with Crippen LogP contribution >= 0.6 is 23.5 Å². The fourth-order valence-corrected chi connectivity index (χ4v) is 2.22. The van der Waals surface area contributed by atoms with Crippen LogP contribution in [0.1, 0.15) is 38.0 Å². The minimum Gasteiger partial charge on any atom is -1.00 e. The van der Waals surface area contributed by atoms with Gasteiger partial charge in [-0.2, -0.15) is 33.1 Å². The second-order valence-corrected chi connectivity index (χ2v) is 6.44. The molecule has 17 nitrogen and oxygen atoms in total. The van der Waals surface area contributed by atoms with E-state index in [0.717, 1.165) is 11.5 Å². The van der Waals surface area contributed by atoms with Gasteiger partial charge in [0.15, 0.2) is 0 Å². The van der Waals surface area contributed by atoms with E-state index in [9.17, 15) is 19.5 Å². The Kier molecular flexibility index (Phi) is 178. The zero-order chi connectivity index (χ0) is 25.1. The number of thioether (sulfide) groups is 2. The maximum atomic E-state index is 10.9. The van der Waals surface area contributed by atoms with Crippen molar-refractivity contribution in [1.29, 1.82) is 0 Å². The van der Waals surface area contributed by atoms with Gasteiger partial charge in [-0.3, -0.25) is 19.7 Å². The molecule has 2 unspecified atom stereocenters. The predicted molar refractivity (Wildman–Crippen MR) is 130 cm³/mol. The van der Waals surface area contributed by atoms with Crippen LogP contribution in [0.15, 0.2) is 0 Å². The summed E-state index contributed by atoms with van der Waals surface area (Å²) >= 11 is 3.24. The number of carboxylic acids is 1. The van der Waals surface area contributed by atoms with E-state index < -0.39 is 12.0 Å². The number of amides is 3. The van der Waals surface area contributed by atoms with Gasteiger partial charge in [-0.15, -0.1) is 0 Å². The molecule has 0 aliphatic carbocycles. The van der Waals surface area contributed by atoms with Gasteiger partial charge in [-0.25, -0.2) is 4.79 Å². The molecule has 1 fully saturated rings. The predicted octanol–water partition coefficient (Wildman–Crippen LogP) is -18.5. The second kappa shape index (κ2) is 80.2. The summed E-state index contributed by atoms with van der Waals surface area (Å²) in [6.45, 7) is -0.361. The van der Waals surface area contributed by atoms with E-state index >= 15 is 0 Å².